The van der Waals surface area contributed by atoms with Crippen LogP contribution in [0, 0.1) is 0 Å². The molecule has 112 valence electrons. The van der Waals surface area contributed by atoms with E-state index in [1.54, 1.807) is 13.2 Å². The molecule has 0 aliphatic carbocycles. The number of rotatable bonds is 6. The van der Waals surface area contributed by atoms with E-state index < -0.39 is 0 Å². The third-order valence-corrected chi connectivity index (χ3v) is 3.44. The second-order valence-electron chi connectivity index (χ2n) is 4.79. The largest absolute Gasteiger partial charge is 0.497 e. The lowest BCUT2D eigenvalue weighted by molar-refractivity contribution is 0.0926. The smallest absolute Gasteiger partial charge is 0.273 e. The quantitative estimate of drug-likeness (QED) is 0.886. The minimum Gasteiger partial charge on any atom is -0.497 e. The summed E-state index contributed by atoms with van der Waals surface area (Å²) in [6, 6.07) is 9.21. The van der Waals surface area contributed by atoms with Crippen molar-refractivity contribution in [3.8, 4) is 17.1 Å². The summed E-state index contributed by atoms with van der Waals surface area (Å²) in [5.41, 5.74) is 1.15. The van der Waals surface area contributed by atoms with Gasteiger partial charge in [0.1, 0.15) is 5.75 Å². The molecule has 0 saturated heterocycles. The molecule has 0 radical (unpaired) electrons. The molecule has 5 heteroatoms. The average Bonchev–Trinajstić information content (AvgIpc) is 3.02. The van der Waals surface area contributed by atoms with Gasteiger partial charge in [-0.3, -0.25) is 4.79 Å². The summed E-state index contributed by atoms with van der Waals surface area (Å²) >= 11 is 0. The molecule has 1 amide bonds. The Kier molecular flexibility index (Phi) is 4.98. The Labute approximate surface area is 124 Å². The maximum Gasteiger partial charge on any atom is 0.273 e. The van der Waals surface area contributed by atoms with Crippen molar-refractivity contribution >= 4 is 5.91 Å². The average molecular weight is 288 g/mol. The van der Waals surface area contributed by atoms with Gasteiger partial charge in [0.2, 0.25) is 0 Å². The highest BCUT2D eigenvalue weighted by Gasteiger charge is 2.16. The summed E-state index contributed by atoms with van der Waals surface area (Å²) in [6.07, 6.45) is 1.79. The normalized spacial score (nSPS) is 10.7. The third-order valence-electron chi connectivity index (χ3n) is 3.44. The van der Waals surface area contributed by atoms with Crippen LogP contribution in [0.1, 0.15) is 37.2 Å². The fourth-order valence-corrected chi connectivity index (χ4v) is 2.03. The predicted molar refractivity (Wildman–Crippen MR) is 80.3 cm³/mol. The summed E-state index contributed by atoms with van der Waals surface area (Å²) in [6.45, 7) is 4.08. The van der Waals surface area contributed by atoms with Crippen LogP contribution in [0.2, 0.25) is 0 Å². The molecular weight excluding hydrogens is 268 g/mol. The fourth-order valence-electron chi connectivity index (χ4n) is 2.03. The number of benzene rings is 1. The molecule has 0 atom stereocenters. The molecule has 1 heterocycles. The molecule has 0 bridgehead atoms. The Morgan fingerprint density at radius 3 is 2.52 bits per heavy atom. The maximum atomic E-state index is 12.1. The van der Waals surface area contributed by atoms with Crippen LogP contribution in [0.3, 0.4) is 0 Å². The molecule has 2 rings (SSSR count). The zero-order valence-corrected chi connectivity index (χ0v) is 12.6. The van der Waals surface area contributed by atoms with Crippen molar-refractivity contribution in [3.05, 3.63) is 36.0 Å². The van der Waals surface area contributed by atoms with E-state index in [1.165, 1.54) is 0 Å². The molecule has 1 aromatic heterocycles. The maximum absolute atomic E-state index is 12.1. The molecular formula is C16H20N2O3. The lowest BCUT2D eigenvalue weighted by Crippen LogP contribution is -2.33. The number of hydrogen-bond donors (Lipinski definition) is 1. The standard InChI is InChI=1S/C16H20N2O3/c1-4-12(5-2)17-16(19)14-10-15(21-18-14)11-6-8-13(20-3)9-7-11/h6-10,12H,4-5H2,1-3H3,(H,17,19). The first-order valence-corrected chi connectivity index (χ1v) is 7.09. The molecule has 0 spiro atoms. The minimum atomic E-state index is -0.202. The van der Waals surface area contributed by atoms with E-state index in [-0.39, 0.29) is 11.9 Å². The number of aromatic nitrogens is 1. The van der Waals surface area contributed by atoms with Crippen molar-refractivity contribution in [2.45, 2.75) is 32.7 Å². The second-order valence-corrected chi connectivity index (χ2v) is 4.79. The van der Waals surface area contributed by atoms with Crippen LogP contribution in [0.25, 0.3) is 11.3 Å². The number of nitrogens with zero attached hydrogens (tertiary/aromatic N) is 1. The zero-order chi connectivity index (χ0) is 15.2. The Morgan fingerprint density at radius 1 is 1.29 bits per heavy atom. The number of nitrogens with one attached hydrogen (secondary N) is 1. The van der Waals surface area contributed by atoms with Crippen LogP contribution >= 0.6 is 0 Å². The first kappa shape index (κ1) is 15.1. The molecule has 0 unspecified atom stereocenters. The van der Waals surface area contributed by atoms with Crippen molar-refractivity contribution in [1.82, 2.24) is 10.5 Å². The first-order chi connectivity index (χ1) is 10.2. The van der Waals surface area contributed by atoms with Gasteiger partial charge in [-0.2, -0.15) is 0 Å². The summed E-state index contributed by atoms with van der Waals surface area (Å²) in [7, 11) is 1.61. The molecule has 0 aliphatic rings. The van der Waals surface area contributed by atoms with Crippen molar-refractivity contribution in [3.63, 3.8) is 0 Å². The van der Waals surface area contributed by atoms with Gasteiger partial charge in [-0.15, -0.1) is 0 Å². The molecule has 1 N–H and O–H groups in total. The Morgan fingerprint density at radius 2 is 1.95 bits per heavy atom. The van der Waals surface area contributed by atoms with Gasteiger partial charge >= 0.3 is 0 Å². The van der Waals surface area contributed by atoms with Crippen LogP contribution in [-0.4, -0.2) is 24.2 Å². The van der Waals surface area contributed by atoms with Crippen LogP contribution in [0.4, 0.5) is 0 Å². The van der Waals surface area contributed by atoms with Gasteiger partial charge < -0.3 is 14.6 Å². The van der Waals surface area contributed by atoms with Crippen LogP contribution < -0.4 is 10.1 Å². The third kappa shape index (κ3) is 3.62. The van der Waals surface area contributed by atoms with Crippen LogP contribution in [0.5, 0.6) is 5.75 Å². The number of carbonyl (C=O) groups is 1. The van der Waals surface area contributed by atoms with Crippen LogP contribution in [0.15, 0.2) is 34.9 Å². The monoisotopic (exact) mass is 288 g/mol. The molecule has 21 heavy (non-hydrogen) atoms. The number of methoxy groups -OCH3 is 1. The Hall–Kier alpha value is -2.30. The first-order valence-electron chi connectivity index (χ1n) is 7.09. The van der Waals surface area contributed by atoms with Gasteiger partial charge in [0.05, 0.1) is 7.11 Å². The number of hydrogen-bond acceptors (Lipinski definition) is 4. The van der Waals surface area contributed by atoms with Gasteiger partial charge in [-0.1, -0.05) is 19.0 Å². The molecule has 2 aromatic rings. The highest BCUT2D eigenvalue weighted by atomic mass is 16.5. The Bertz CT molecular complexity index is 586. The summed E-state index contributed by atoms with van der Waals surface area (Å²) in [5.74, 6) is 1.13. The number of carbonyl (C=O) groups excluding carboxylic acids is 1. The summed E-state index contributed by atoms with van der Waals surface area (Å²) < 4.78 is 10.3. The van der Waals surface area contributed by atoms with Gasteiger partial charge in [0, 0.05) is 17.7 Å². The van der Waals surface area contributed by atoms with Gasteiger partial charge in [0.25, 0.3) is 5.91 Å². The molecule has 0 saturated carbocycles. The van der Waals surface area contributed by atoms with Crippen molar-refractivity contribution in [2.24, 2.45) is 0 Å². The van der Waals surface area contributed by atoms with Crippen LogP contribution in [-0.2, 0) is 0 Å². The lowest BCUT2D eigenvalue weighted by Gasteiger charge is -2.12. The molecule has 5 nitrogen and oxygen atoms in total. The summed E-state index contributed by atoms with van der Waals surface area (Å²) in [4.78, 5) is 12.1. The Balaban J connectivity index is 2.11. The van der Waals surface area contributed by atoms with Gasteiger partial charge in [-0.05, 0) is 37.1 Å². The molecule has 0 aliphatic heterocycles. The zero-order valence-electron chi connectivity index (χ0n) is 12.6. The summed E-state index contributed by atoms with van der Waals surface area (Å²) in [5, 5.41) is 6.77. The highest BCUT2D eigenvalue weighted by Crippen LogP contribution is 2.23. The van der Waals surface area contributed by atoms with Crippen molar-refractivity contribution in [2.75, 3.05) is 7.11 Å². The fraction of sp³-hybridized carbons (Fsp3) is 0.375. The van der Waals surface area contributed by atoms with E-state index in [2.05, 4.69) is 10.5 Å². The van der Waals surface area contributed by atoms with E-state index in [4.69, 9.17) is 9.26 Å². The van der Waals surface area contributed by atoms with E-state index >= 15 is 0 Å². The SMILES string of the molecule is CCC(CC)NC(=O)c1cc(-c2ccc(OC)cc2)on1. The molecule has 0 fully saturated rings. The van der Waals surface area contributed by atoms with Crippen molar-refractivity contribution in [1.29, 1.82) is 0 Å². The van der Waals surface area contributed by atoms with E-state index in [9.17, 15) is 4.79 Å². The minimum absolute atomic E-state index is 0.165. The number of ether oxygens (including phenoxy) is 1. The van der Waals surface area contributed by atoms with Gasteiger partial charge in [0.15, 0.2) is 11.5 Å². The van der Waals surface area contributed by atoms with E-state index in [0.29, 0.717) is 11.5 Å². The highest BCUT2D eigenvalue weighted by molar-refractivity contribution is 5.93. The van der Waals surface area contributed by atoms with Gasteiger partial charge in [-0.25, -0.2) is 0 Å². The van der Waals surface area contributed by atoms with E-state index in [1.807, 2.05) is 38.1 Å². The lowest BCUT2D eigenvalue weighted by atomic mass is 10.1. The van der Waals surface area contributed by atoms with Crippen molar-refractivity contribution < 1.29 is 14.1 Å². The number of amides is 1. The predicted octanol–water partition coefficient (Wildman–Crippen LogP) is 3.27. The topological polar surface area (TPSA) is 64.4 Å². The second kappa shape index (κ2) is 6.92. The molecule has 1 aromatic carbocycles. The van der Waals surface area contributed by atoms with E-state index in [0.717, 1.165) is 24.2 Å².